The minimum Gasteiger partial charge on any atom is -0.435 e. The van der Waals surface area contributed by atoms with Crippen LogP contribution in [0, 0.1) is 17.8 Å². The highest BCUT2D eigenvalue weighted by atomic mass is 16.7. The molecule has 3 heterocycles. The zero-order valence-corrected chi connectivity index (χ0v) is 15.9. The van der Waals surface area contributed by atoms with Gasteiger partial charge in [-0.25, -0.2) is 4.79 Å². The molecule has 3 fully saturated rings. The molecule has 27 heavy (non-hydrogen) atoms. The van der Waals surface area contributed by atoms with Crippen molar-refractivity contribution >= 4 is 6.16 Å². The summed E-state index contributed by atoms with van der Waals surface area (Å²) in [6, 6.07) is 5.77. The van der Waals surface area contributed by atoms with Crippen LogP contribution in [0.1, 0.15) is 36.5 Å². The maximum absolute atomic E-state index is 11.4. The summed E-state index contributed by atoms with van der Waals surface area (Å²) in [4.78, 5) is 13.6. The van der Waals surface area contributed by atoms with Crippen LogP contribution >= 0.6 is 0 Å². The molecule has 3 aliphatic rings. The van der Waals surface area contributed by atoms with E-state index in [0.717, 1.165) is 42.6 Å². The van der Waals surface area contributed by atoms with Gasteiger partial charge in [0.15, 0.2) is 0 Å². The van der Waals surface area contributed by atoms with Gasteiger partial charge in [0.2, 0.25) is 0 Å². The van der Waals surface area contributed by atoms with Gasteiger partial charge >= 0.3 is 6.16 Å². The molecule has 0 aromatic heterocycles. The number of allylic oxidation sites excluding steroid dienone is 1. The van der Waals surface area contributed by atoms with Gasteiger partial charge in [-0.1, -0.05) is 30.0 Å². The Bertz CT molecular complexity index is 755. The summed E-state index contributed by atoms with van der Waals surface area (Å²) in [5, 5.41) is 11.0. The summed E-state index contributed by atoms with van der Waals surface area (Å²) in [5.74, 6) is 6.61. The smallest absolute Gasteiger partial charge is 0.435 e. The summed E-state index contributed by atoms with van der Waals surface area (Å²) in [6.07, 6.45) is 3.82. The largest absolute Gasteiger partial charge is 0.508 e. The second kappa shape index (κ2) is 8.60. The Kier molecular flexibility index (Phi) is 6.20. The van der Waals surface area contributed by atoms with Gasteiger partial charge in [0.1, 0.15) is 12.2 Å². The van der Waals surface area contributed by atoms with Crippen LogP contribution in [0.2, 0.25) is 0 Å². The summed E-state index contributed by atoms with van der Waals surface area (Å²) >= 11 is 0. The second-order valence-electron chi connectivity index (χ2n) is 7.18. The molecule has 0 aliphatic carbocycles. The number of carbonyl (C=O) groups excluding carboxylic acids is 1. The minimum absolute atomic E-state index is 0.150. The van der Waals surface area contributed by atoms with Crippen molar-refractivity contribution in [2.45, 2.75) is 38.4 Å². The molecule has 1 aromatic rings. The van der Waals surface area contributed by atoms with E-state index in [1.807, 2.05) is 24.3 Å². The van der Waals surface area contributed by atoms with Crippen LogP contribution in [0.25, 0.3) is 0 Å². The van der Waals surface area contributed by atoms with Crippen LogP contribution in [0.3, 0.4) is 0 Å². The normalized spacial score (nSPS) is 26.0. The molecule has 3 saturated heterocycles. The summed E-state index contributed by atoms with van der Waals surface area (Å²) in [5.41, 5.74) is 1.83. The van der Waals surface area contributed by atoms with Crippen LogP contribution < -0.4 is 0 Å². The Morgan fingerprint density at radius 2 is 2.19 bits per heavy atom. The number of rotatable bonds is 5. The predicted molar refractivity (Wildman–Crippen MR) is 103 cm³/mol. The molecule has 5 heteroatoms. The van der Waals surface area contributed by atoms with E-state index in [-0.39, 0.29) is 19.1 Å². The molecule has 1 unspecified atom stereocenters. The van der Waals surface area contributed by atoms with Crippen LogP contribution in [-0.4, -0.2) is 48.0 Å². The predicted octanol–water partition coefficient (Wildman–Crippen LogP) is 2.90. The van der Waals surface area contributed by atoms with Gasteiger partial charge in [-0.2, -0.15) is 0 Å². The van der Waals surface area contributed by atoms with Crippen molar-refractivity contribution in [2.75, 3.05) is 26.2 Å². The Labute approximate surface area is 161 Å². The number of fused-ring (bicyclic) bond motifs is 3. The average molecular weight is 369 g/mol. The van der Waals surface area contributed by atoms with Crippen LogP contribution in [0.5, 0.6) is 0 Å². The lowest BCUT2D eigenvalue weighted by molar-refractivity contribution is -0.0713. The van der Waals surface area contributed by atoms with Gasteiger partial charge in [-0.3, -0.25) is 4.90 Å². The van der Waals surface area contributed by atoms with Gasteiger partial charge in [-0.05, 0) is 56.5 Å². The Balaban J connectivity index is 1.75. The molecule has 0 amide bonds. The van der Waals surface area contributed by atoms with Crippen molar-refractivity contribution in [1.29, 1.82) is 0 Å². The number of piperidine rings is 3. The van der Waals surface area contributed by atoms with E-state index in [1.54, 1.807) is 6.92 Å². The summed E-state index contributed by atoms with van der Waals surface area (Å²) in [7, 11) is 0. The highest BCUT2D eigenvalue weighted by Gasteiger charge is 2.44. The number of aliphatic hydroxyl groups is 1. The molecule has 144 valence electrons. The van der Waals surface area contributed by atoms with E-state index in [0.29, 0.717) is 13.0 Å². The van der Waals surface area contributed by atoms with Crippen molar-refractivity contribution in [3.63, 3.8) is 0 Å². The minimum atomic E-state index is -0.923. The van der Waals surface area contributed by atoms with Crippen molar-refractivity contribution in [1.82, 2.24) is 4.90 Å². The standard InChI is InChI=1S/C22H27NO4/c1-3-5-19-14-17(15-27-21(24)26-4-2)6-7-18(19)8-11-22(25)16-23-12-9-20(22)10-13-23/h3,6-7,14,20,25H,1,4-5,9-10,12-13,15-16H2,2H3. The number of hydrogen-bond donors (Lipinski definition) is 1. The molecule has 1 aromatic carbocycles. The first kappa shape index (κ1) is 19.5. The Morgan fingerprint density at radius 3 is 2.81 bits per heavy atom. The molecular formula is C22H27NO4. The Morgan fingerprint density at radius 1 is 1.41 bits per heavy atom. The van der Waals surface area contributed by atoms with Crippen molar-refractivity contribution in [2.24, 2.45) is 5.92 Å². The average Bonchev–Trinajstić information content (AvgIpc) is 2.67. The molecule has 3 aliphatic heterocycles. The molecule has 1 N–H and O–H groups in total. The number of ether oxygens (including phenoxy) is 2. The second-order valence-corrected chi connectivity index (χ2v) is 7.18. The fraction of sp³-hybridized carbons (Fsp3) is 0.500. The van der Waals surface area contributed by atoms with Crippen molar-refractivity contribution in [3.05, 3.63) is 47.5 Å². The van der Waals surface area contributed by atoms with Crippen molar-refractivity contribution in [3.8, 4) is 11.8 Å². The molecule has 0 spiro atoms. The quantitative estimate of drug-likeness (QED) is 0.491. The fourth-order valence-electron chi connectivity index (χ4n) is 3.84. The SMILES string of the molecule is C=CCc1cc(COC(=O)OCC)ccc1C#CC1(O)CN2CCC1CC2. The number of benzene rings is 1. The highest BCUT2D eigenvalue weighted by molar-refractivity contribution is 5.59. The Hall–Kier alpha value is -2.29. The molecule has 1 atom stereocenters. The zero-order chi connectivity index (χ0) is 19.3. The zero-order valence-electron chi connectivity index (χ0n) is 15.9. The molecule has 4 rings (SSSR count). The van der Waals surface area contributed by atoms with E-state index >= 15 is 0 Å². The third-order valence-electron chi connectivity index (χ3n) is 5.29. The van der Waals surface area contributed by atoms with E-state index in [1.165, 1.54) is 0 Å². The van der Waals surface area contributed by atoms with Gasteiger partial charge < -0.3 is 14.6 Å². The first-order chi connectivity index (χ1) is 13.0. The topological polar surface area (TPSA) is 59.0 Å². The number of hydrogen-bond acceptors (Lipinski definition) is 5. The third-order valence-corrected chi connectivity index (χ3v) is 5.29. The van der Waals surface area contributed by atoms with Gasteiger partial charge in [-0.15, -0.1) is 6.58 Å². The molecule has 0 radical (unpaired) electrons. The van der Waals surface area contributed by atoms with Gasteiger partial charge in [0.05, 0.1) is 6.61 Å². The fourth-order valence-corrected chi connectivity index (χ4v) is 3.84. The lowest BCUT2D eigenvalue weighted by Gasteiger charge is -2.47. The molecular weight excluding hydrogens is 342 g/mol. The van der Waals surface area contributed by atoms with E-state index in [2.05, 4.69) is 23.3 Å². The number of nitrogens with zero attached hydrogens (tertiary/aromatic N) is 1. The molecule has 0 saturated carbocycles. The van der Waals surface area contributed by atoms with E-state index in [4.69, 9.17) is 9.47 Å². The van der Waals surface area contributed by atoms with Gasteiger partial charge in [0, 0.05) is 18.0 Å². The first-order valence-electron chi connectivity index (χ1n) is 9.54. The van der Waals surface area contributed by atoms with Crippen LogP contribution in [-0.2, 0) is 22.5 Å². The van der Waals surface area contributed by atoms with Crippen LogP contribution in [0.15, 0.2) is 30.9 Å². The molecule has 2 bridgehead atoms. The van der Waals surface area contributed by atoms with E-state index in [9.17, 15) is 9.90 Å². The van der Waals surface area contributed by atoms with Crippen molar-refractivity contribution < 1.29 is 19.4 Å². The monoisotopic (exact) mass is 369 g/mol. The van der Waals surface area contributed by atoms with E-state index < -0.39 is 11.8 Å². The maximum Gasteiger partial charge on any atom is 0.508 e. The summed E-state index contributed by atoms with van der Waals surface area (Å²) < 4.78 is 9.85. The molecule has 5 nitrogen and oxygen atoms in total. The lowest BCUT2D eigenvalue weighted by atomic mass is 9.75. The number of carbonyl (C=O) groups is 1. The first-order valence-corrected chi connectivity index (χ1v) is 9.54. The lowest BCUT2D eigenvalue weighted by Crippen LogP contribution is -2.58. The highest BCUT2D eigenvalue weighted by Crippen LogP contribution is 2.35. The summed E-state index contributed by atoms with van der Waals surface area (Å²) in [6.45, 7) is 8.74. The third kappa shape index (κ3) is 4.71. The van der Waals surface area contributed by atoms with Gasteiger partial charge in [0.25, 0.3) is 0 Å². The van der Waals surface area contributed by atoms with Crippen LogP contribution in [0.4, 0.5) is 4.79 Å². The maximum atomic E-state index is 11.4.